The predicted molar refractivity (Wildman–Crippen MR) is 68.7 cm³/mol. The minimum Gasteiger partial charge on any atom is -0.477 e. The number of thiophene rings is 1. The normalized spacial score (nSPS) is 14.4. The molecule has 1 aliphatic rings. The molecule has 18 heavy (non-hydrogen) atoms. The van der Waals surface area contributed by atoms with Crippen LogP contribution in [0.15, 0.2) is 12.1 Å². The van der Waals surface area contributed by atoms with Crippen molar-refractivity contribution < 1.29 is 14.7 Å². The molecule has 0 radical (unpaired) electrons. The molecule has 2 rings (SSSR count). The van der Waals surface area contributed by atoms with Crippen molar-refractivity contribution in [1.82, 2.24) is 10.6 Å². The van der Waals surface area contributed by atoms with Gasteiger partial charge in [-0.25, -0.2) is 4.79 Å². The van der Waals surface area contributed by atoms with Crippen LogP contribution >= 0.6 is 11.3 Å². The van der Waals surface area contributed by atoms with Crippen molar-refractivity contribution in [1.29, 1.82) is 0 Å². The van der Waals surface area contributed by atoms with Crippen molar-refractivity contribution >= 4 is 23.2 Å². The minimum atomic E-state index is -0.886. The smallest absolute Gasteiger partial charge is 0.345 e. The molecule has 0 aliphatic heterocycles. The third-order valence-corrected chi connectivity index (χ3v) is 3.79. The minimum absolute atomic E-state index is 0.154. The Kier molecular flexibility index (Phi) is 4.33. The molecule has 1 fully saturated rings. The van der Waals surface area contributed by atoms with E-state index in [4.69, 9.17) is 5.11 Å². The number of carbonyl (C=O) groups excluding carboxylic acids is 1. The van der Waals surface area contributed by atoms with E-state index in [-0.39, 0.29) is 11.8 Å². The van der Waals surface area contributed by atoms with Gasteiger partial charge in [-0.1, -0.05) is 0 Å². The van der Waals surface area contributed by atoms with E-state index in [1.54, 1.807) is 6.07 Å². The number of carboxylic acid groups (broad SMARTS) is 1. The lowest BCUT2D eigenvalue weighted by Crippen LogP contribution is -2.32. The van der Waals surface area contributed by atoms with Crippen LogP contribution in [0, 0.1) is 5.92 Å². The SMILES string of the molecule is O=C(O)c1ccc(CNCCNC(=O)C2CC2)s1. The summed E-state index contributed by atoms with van der Waals surface area (Å²) in [5, 5.41) is 14.8. The van der Waals surface area contributed by atoms with Gasteiger partial charge in [-0.05, 0) is 25.0 Å². The molecule has 6 heteroatoms. The van der Waals surface area contributed by atoms with Gasteiger partial charge in [-0.3, -0.25) is 4.79 Å². The topological polar surface area (TPSA) is 78.4 Å². The van der Waals surface area contributed by atoms with Crippen molar-refractivity contribution in [2.45, 2.75) is 19.4 Å². The average molecular weight is 268 g/mol. The van der Waals surface area contributed by atoms with Gasteiger partial charge in [0.1, 0.15) is 4.88 Å². The van der Waals surface area contributed by atoms with E-state index in [2.05, 4.69) is 10.6 Å². The highest BCUT2D eigenvalue weighted by Crippen LogP contribution is 2.28. The van der Waals surface area contributed by atoms with Crippen LogP contribution < -0.4 is 10.6 Å². The second-order valence-corrected chi connectivity index (χ2v) is 5.48. The summed E-state index contributed by atoms with van der Waals surface area (Å²) >= 11 is 1.27. The zero-order valence-electron chi connectivity index (χ0n) is 9.94. The maximum absolute atomic E-state index is 11.3. The Balaban J connectivity index is 1.59. The second kappa shape index (κ2) is 5.97. The zero-order valence-corrected chi connectivity index (χ0v) is 10.8. The summed E-state index contributed by atoms with van der Waals surface area (Å²) in [6, 6.07) is 3.42. The van der Waals surface area contributed by atoms with Gasteiger partial charge in [0, 0.05) is 30.4 Å². The van der Waals surface area contributed by atoms with Gasteiger partial charge >= 0.3 is 5.97 Å². The molecule has 0 atom stereocenters. The molecule has 0 spiro atoms. The van der Waals surface area contributed by atoms with Gasteiger partial charge in [0.2, 0.25) is 5.91 Å². The van der Waals surface area contributed by atoms with E-state index in [1.807, 2.05) is 6.07 Å². The Morgan fingerprint density at radius 1 is 1.33 bits per heavy atom. The fourth-order valence-electron chi connectivity index (χ4n) is 1.56. The van der Waals surface area contributed by atoms with E-state index in [9.17, 15) is 9.59 Å². The van der Waals surface area contributed by atoms with Crippen LogP contribution in [0.4, 0.5) is 0 Å². The second-order valence-electron chi connectivity index (χ2n) is 4.31. The summed E-state index contributed by atoms with van der Waals surface area (Å²) in [5.41, 5.74) is 0. The predicted octanol–water partition coefficient (Wildman–Crippen LogP) is 1.06. The standard InChI is InChI=1S/C12H16N2O3S/c15-11(8-1-2-8)14-6-5-13-7-9-3-4-10(18-9)12(16)17/h3-4,8,13H,1-2,5-7H2,(H,14,15)(H,16,17). The summed E-state index contributed by atoms with van der Waals surface area (Å²) in [6.07, 6.45) is 2.04. The van der Waals surface area contributed by atoms with E-state index in [0.717, 1.165) is 17.7 Å². The average Bonchev–Trinajstić information content (AvgIpc) is 3.08. The molecule has 3 N–H and O–H groups in total. The molecule has 98 valence electrons. The highest BCUT2D eigenvalue weighted by molar-refractivity contribution is 7.13. The molecular formula is C12H16N2O3S. The van der Waals surface area contributed by atoms with Crippen LogP contribution in [0.3, 0.4) is 0 Å². The van der Waals surface area contributed by atoms with Crippen LogP contribution in [0.25, 0.3) is 0 Å². The van der Waals surface area contributed by atoms with Gasteiger partial charge in [0.15, 0.2) is 0 Å². The molecule has 1 aromatic rings. The summed E-state index contributed by atoms with van der Waals surface area (Å²) < 4.78 is 0. The number of carboxylic acids is 1. The lowest BCUT2D eigenvalue weighted by molar-refractivity contribution is -0.122. The number of aromatic carboxylic acids is 1. The Bertz CT molecular complexity index is 440. The van der Waals surface area contributed by atoms with Crippen LogP contribution in [0.2, 0.25) is 0 Å². The van der Waals surface area contributed by atoms with Gasteiger partial charge < -0.3 is 15.7 Å². The van der Waals surface area contributed by atoms with E-state index >= 15 is 0 Å². The fraction of sp³-hybridized carbons (Fsp3) is 0.500. The van der Waals surface area contributed by atoms with E-state index in [0.29, 0.717) is 24.5 Å². The first-order valence-electron chi connectivity index (χ1n) is 5.97. The molecule has 1 aliphatic carbocycles. The van der Waals surface area contributed by atoms with Crippen LogP contribution in [-0.4, -0.2) is 30.1 Å². The van der Waals surface area contributed by atoms with Gasteiger partial charge in [0.25, 0.3) is 0 Å². The molecule has 1 saturated carbocycles. The summed E-state index contributed by atoms with van der Waals surface area (Å²) in [7, 11) is 0. The Morgan fingerprint density at radius 2 is 2.11 bits per heavy atom. The van der Waals surface area contributed by atoms with Crippen molar-refractivity contribution in [2.24, 2.45) is 5.92 Å². The van der Waals surface area contributed by atoms with Crippen LogP contribution in [0.5, 0.6) is 0 Å². The molecule has 5 nitrogen and oxygen atoms in total. The first kappa shape index (κ1) is 13.0. The third-order valence-electron chi connectivity index (χ3n) is 2.72. The molecule has 1 heterocycles. The quantitative estimate of drug-likeness (QED) is 0.646. The maximum atomic E-state index is 11.3. The zero-order chi connectivity index (χ0) is 13.0. The monoisotopic (exact) mass is 268 g/mol. The summed E-state index contributed by atoms with van der Waals surface area (Å²) in [6.45, 7) is 1.95. The van der Waals surface area contributed by atoms with E-state index < -0.39 is 5.97 Å². The number of hydrogen-bond donors (Lipinski definition) is 3. The number of nitrogens with one attached hydrogen (secondary N) is 2. The maximum Gasteiger partial charge on any atom is 0.345 e. The molecule has 0 unspecified atom stereocenters. The van der Waals surface area contributed by atoms with Crippen LogP contribution in [0.1, 0.15) is 27.4 Å². The van der Waals surface area contributed by atoms with E-state index in [1.165, 1.54) is 11.3 Å². The van der Waals surface area contributed by atoms with Crippen molar-refractivity contribution in [3.05, 3.63) is 21.9 Å². The van der Waals surface area contributed by atoms with Gasteiger partial charge in [0.05, 0.1) is 0 Å². The first-order chi connectivity index (χ1) is 8.66. The molecule has 0 saturated heterocycles. The molecule has 1 amide bonds. The number of amides is 1. The molecule has 0 bridgehead atoms. The van der Waals surface area contributed by atoms with Crippen molar-refractivity contribution in [3.8, 4) is 0 Å². The number of rotatable bonds is 7. The third kappa shape index (κ3) is 3.82. The lowest BCUT2D eigenvalue weighted by Gasteiger charge is -2.05. The number of carbonyl (C=O) groups is 2. The summed E-state index contributed by atoms with van der Waals surface area (Å²) in [4.78, 5) is 23.3. The molecule has 0 aromatic carbocycles. The first-order valence-corrected chi connectivity index (χ1v) is 6.79. The van der Waals surface area contributed by atoms with Crippen LogP contribution in [-0.2, 0) is 11.3 Å². The highest BCUT2D eigenvalue weighted by atomic mass is 32.1. The molecular weight excluding hydrogens is 252 g/mol. The number of hydrogen-bond acceptors (Lipinski definition) is 4. The van der Waals surface area contributed by atoms with Crippen molar-refractivity contribution in [3.63, 3.8) is 0 Å². The van der Waals surface area contributed by atoms with Crippen molar-refractivity contribution in [2.75, 3.05) is 13.1 Å². The Hall–Kier alpha value is -1.40. The Labute approximate surface area is 109 Å². The van der Waals surface area contributed by atoms with Gasteiger partial charge in [-0.2, -0.15) is 0 Å². The largest absolute Gasteiger partial charge is 0.477 e. The molecule has 1 aromatic heterocycles. The van der Waals surface area contributed by atoms with Gasteiger partial charge in [-0.15, -0.1) is 11.3 Å². The highest BCUT2D eigenvalue weighted by Gasteiger charge is 2.28. The lowest BCUT2D eigenvalue weighted by atomic mass is 10.4. The fourth-order valence-corrected chi connectivity index (χ4v) is 2.38. The summed E-state index contributed by atoms with van der Waals surface area (Å²) in [5.74, 6) is -0.482. The Morgan fingerprint density at radius 3 is 2.72 bits per heavy atom.